The third-order valence-electron chi connectivity index (χ3n) is 4.72. The van der Waals surface area contributed by atoms with Crippen LogP contribution in [0, 0.1) is 0 Å². The number of benzene rings is 2. The molecule has 4 heteroatoms. The molecule has 2 aromatic rings. The van der Waals surface area contributed by atoms with Gasteiger partial charge in [0.1, 0.15) is 0 Å². The summed E-state index contributed by atoms with van der Waals surface area (Å²) in [5, 5.41) is 3.04. The van der Waals surface area contributed by atoms with E-state index in [1.807, 2.05) is 25.1 Å². The fourth-order valence-corrected chi connectivity index (χ4v) is 3.24. The summed E-state index contributed by atoms with van der Waals surface area (Å²) >= 11 is 0. The summed E-state index contributed by atoms with van der Waals surface area (Å²) < 4.78 is 11.0. The molecule has 0 spiro atoms. The number of carbonyl (C=O) groups is 1. The highest BCUT2D eigenvalue weighted by Gasteiger charge is 2.20. The van der Waals surface area contributed by atoms with Crippen molar-refractivity contribution in [2.24, 2.45) is 0 Å². The Hall–Kier alpha value is -2.49. The Morgan fingerprint density at radius 2 is 1.76 bits per heavy atom. The number of hydrogen-bond donors (Lipinski definition) is 1. The zero-order valence-electron chi connectivity index (χ0n) is 15.0. The number of para-hydroxylation sites is 2. The van der Waals surface area contributed by atoms with Crippen molar-refractivity contribution in [3.05, 3.63) is 59.2 Å². The molecule has 0 saturated heterocycles. The minimum Gasteiger partial charge on any atom is -0.493 e. The van der Waals surface area contributed by atoms with E-state index in [4.69, 9.17) is 9.47 Å². The lowest BCUT2D eigenvalue weighted by molar-refractivity contribution is -0.127. The smallest absolute Gasteiger partial charge is 0.261 e. The Morgan fingerprint density at radius 3 is 2.52 bits per heavy atom. The molecule has 4 nitrogen and oxygen atoms in total. The standard InChI is InChI=1S/C21H25NO3/c1-14(17-12-11-16-7-6-8-18(16)13-17)22-21(23)15(2)25-20-10-5-4-9-19(20)24-3/h4-5,9-15H,6-8H2,1-3H3,(H,22,23)/t14-,15-/m1/s1. The summed E-state index contributed by atoms with van der Waals surface area (Å²) in [5.41, 5.74) is 3.99. The molecule has 0 aliphatic heterocycles. The highest BCUT2D eigenvalue weighted by molar-refractivity contribution is 5.81. The van der Waals surface area contributed by atoms with E-state index >= 15 is 0 Å². The molecule has 132 valence electrons. The number of hydrogen-bond acceptors (Lipinski definition) is 3. The van der Waals surface area contributed by atoms with Gasteiger partial charge in [0.2, 0.25) is 0 Å². The van der Waals surface area contributed by atoms with Crippen LogP contribution in [0.4, 0.5) is 0 Å². The highest BCUT2D eigenvalue weighted by atomic mass is 16.5. The summed E-state index contributed by atoms with van der Waals surface area (Å²) in [5.74, 6) is 1.05. The predicted octanol–water partition coefficient (Wildman–Crippen LogP) is 3.83. The summed E-state index contributed by atoms with van der Waals surface area (Å²) in [4.78, 5) is 12.5. The number of fused-ring (bicyclic) bond motifs is 1. The second kappa shape index (κ2) is 7.60. The second-order valence-electron chi connectivity index (χ2n) is 6.52. The van der Waals surface area contributed by atoms with Gasteiger partial charge in [-0.3, -0.25) is 4.79 Å². The monoisotopic (exact) mass is 339 g/mol. The van der Waals surface area contributed by atoms with Gasteiger partial charge in [-0.15, -0.1) is 0 Å². The first-order valence-corrected chi connectivity index (χ1v) is 8.80. The number of rotatable bonds is 6. The number of methoxy groups -OCH3 is 1. The molecular weight excluding hydrogens is 314 g/mol. The lowest BCUT2D eigenvalue weighted by atomic mass is 10.0. The number of amides is 1. The molecule has 25 heavy (non-hydrogen) atoms. The summed E-state index contributed by atoms with van der Waals surface area (Å²) in [6, 6.07) is 13.8. The molecule has 0 fully saturated rings. The zero-order valence-corrected chi connectivity index (χ0v) is 15.0. The molecule has 0 saturated carbocycles. The van der Waals surface area contributed by atoms with Gasteiger partial charge in [-0.2, -0.15) is 0 Å². The van der Waals surface area contributed by atoms with E-state index in [1.165, 1.54) is 24.0 Å². The van der Waals surface area contributed by atoms with E-state index in [0.29, 0.717) is 11.5 Å². The van der Waals surface area contributed by atoms with Gasteiger partial charge in [0.25, 0.3) is 5.91 Å². The average Bonchev–Trinajstić information content (AvgIpc) is 3.09. The number of aryl methyl sites for hydroxylation is 2. The van der Waals surface area contributed by atoms with Gasteiger partial charge in [0.05, 0.1) is 13.2 Å². The third-order valence-corrected chi connectivity index (χ3v) is 4.72. The quantitative estimate of drug-likeness (QED) is 0.870. The predicted molar refractivity (Wildman–Crippen MR) is 98.1 cm³/mol. The van der Waals surface area contributed by atoms with Crippen molar-refractivity contribution >= 4 is 5.91 Å². The van der Waals surface area contributed by atoms with E-state index in [2.05, 4.69) is 23.5 Å². The maximum atomic E-state index is 12.5. The van der Waals surface area contributed by atoms with Crippen LogP contribution >= 0.6 is 0 Å². The highest BCUT2D eigenvalue weighted by Crippen LogP contribution is 2.27. The molecule has 1 aliphatic carbocycles. The third kappa shape index (κ3) is 3.95. The van der Waals surface area contributed by atoms with E-state index in [9.17, 15) is 4.79 Å². The van der Waals surface area contributed by atoms with Gasteiger partial charge in [-0.1, -0.05) is 30.3 Å². The van der Waals surface area contributed by atoms with Crippen LogP contribution in [0.2, 0.25) is 0 Å². The Morgan fingerprint density at radius 1 is 1.04 bits per heavy atom. The summed E-state index contributed by atoms with van der Waals surface area (Å²) in [6.45, 7) is 3.75. The van der Waals surface area contributed by atoms with Crippen molar-refractivity contribution in [2.75, 3.05) is 7.11 Å². The van der Waals surface area contributed by atoms with Gasteiger partial charge < -0.3 is 14.8 Å². The topological polar surface area (TPSA) is 47.6 Å². The van der Waals surface area contributed by atoms with E-state index in [-0.39, 0.29) is 11.9 Å². The number of nitrogens with one attached hydrogen (secondary N) is 1. The largest absolute Gasteiger partial charge is 0.493 e. The van der Waals surface area contributed by atoms with Crippen LogP contribution in [0.1, 0.15) is 43.0 Å². The van der Waals surface area contributed by atoms with Crippen LogP contribution in [0.15, 0.2) is 42.5 Å². The number of ether oxygens (including phenoxy) is 2. The lowest BCUT2D eigenvalue weighted by Gasteiger charge is -2.20. The average molecular weight is 339 g/mol. The molecule has 1 N–H and O–H groups in total. The molecule has 0 unspecified atom stereocenters. The molecule has 0 radical (unpaired) electrons. The van der Waals surface area contributed by atoms with Gasteiger partial charge in [-0.05, 0) is 61.9 Å². The Kier molecular flexibility index (Phi) is 5.27. The van der Waals surface area contributed by atoms with Crippen molar-refractivity contribution < 1.29 is 14.3 Å². The van der Waals surface area contributed by atoms with Crippen molar-refractivity contribution in [3.8, 4) is 11.5 Å². The first kappa shape index (κ1) is 17.3. The molecule has 3 rings (SSSR count). The molecule has 0 bridgehead atoms. The first-order valence-electron chi connectivity index (χ1n) is 8.80. The minimum atomic E-state index is -0.604. The zero-order chi connectivity index (χ0) is 17.8. The van der Waals surface area contributed by atoms with Crippen molar-refractivity contribution in [1.29, 1.82) is 0 Å². The maximum Gasteiger partial charge on any atom is 0.261 e. The Labute approximate surface area is 149 Å². The van der Waals surface area contributed by atoms with Gasteiger partial charge in [0.15, 0.2) is 17.6 Å². The fourth-order valence-electron chi connectivity index (χ4n) is 3.24. The molecule has 0 heterocycles. The maximum absolute atomic E-state index is 12.5. The van der Waals surface area contributed by atoms with Crippen molar-refractivity contribution in [2.45, 2.75) is 45.3 Å². The second-order valence-corrected chi connectivity index (χ2v) is 6.52. The molecule has 1 aliphatic rings. The van der Waals surface area contributed by atoms with Gasteiger partial charge in [0, 0.05) is 0 Å². The van der Waals surface area contributed by atoms with Crippen LogP contribution in [-0.2, 0) is 17.6 Å². The molecule has 2 aromatic carbocycles. The number of carbonyl (C=O) groups excluding carboxylic acids is 1. The minimum absolute atomic E-state index is 0.0536. The van der Waals surface area contributed by atoms with Crippen LogP contribution < -0.4 is 14.8 Å². The van der Waals surface area contributed by atoms with Crippen LogP contribution in [0.25, 0.3) is 0 Å². The summed E-state index contributed by atoms with van der Waals surface area (Å²) in [6.07, 6.45) is 2.92. The van der Waals surface area contributed by atoms with Crippen molar-refractivity contribution in [3.63, 3.8) is 0 Å². The SMILES string of the molecule is COc1ccccc1O[C@H](C)C(=O)N[C@H](C)c1ccc2c(c1)CCC2. The fraction of sp³-hybridized carbons (Fsp3) is 0.381. The first-order chi connectivity index (χ1) is 12.1. The normalized spacial score (nSPS) is 15.2. The summed E-state index contributed by atoms with van der Waals surface area (Å²) in [7, 11) is 1.59. The van der Waals surface area contributed by atoms with Crippen LogP contribution in [0.5, 0.6) is 11.5 Å². The lowest BCUT2D eigenvalue weighted by Crippen LogP contribution is -2.37. The van der Waals surface area contributed by atoms with Gasteiger partial charge >= 0.3 is 0 Å². The van der Waals surface area contributed by atoms with Crippen LogP contribution in [-0.4, -0.2) is 19.1 Å². The Bertz CT molecular complexity index is 757. The molecule has 1 amide bonds. The van der Waals surface area contributed by atoms with E-state index < -0.39 is 6.10 Å². The van der Waals surface area contributed by atoms with Crippen molar-refractivity contribution in [1.82, 2.24) is 5.32 Å². The van der Waals surface area contributed by atoms with Crippen LogP contribution in [0.3, 0.4) is 0 Å². The van der Waals surface area contributed by atoms with Gasteiger partial charge in [-0.25, -0.2) is 0 Å². The molecule has 0 aromatic heterocycles. The van der Waals surface area contributed by atoms with E-state index in [0.717, 1.165) is 12.0 Å². The molecular formula is C21H25NO3. The van der Waals surface area contributed by atoms with E-state index in [1.54, 1.807) is 20.1 Å². The Balaban J connectivity index is 1.63. The molecule has 2 atom stereocenters.